The normalized spacial score (nSPS) is 12.0. The minimum atomic E-state index is -0.0783. The Balaban J connectivity index is 0.00000220. The molecule has 0 aliphatic heterocycles. The lowest BCUT2D eigenvalue weighted by Crippen LogP contribution is -2.22. The minimum Gasteiger partial charge on any atom is -0.504 e. The predicted molar refractivity (Wildman–Crippen MR) is 91.4 cm³/mol. The van der Waals surface area contributed by atoms with Gasteiger partial charge >= 0.3 is 0 Å². The molecule has 1 atom stereocenters. The van der Waals surface area contributed by atoms with E-state index in [1.165, 1.54) is 17.2 Å². The van der Waals surface area contributed by atoms with Crippen LogP contribution in [0.4, 0.5) is 0 Å². The second kappa shape index (κ2) is 7.48. The van der Waals surface area contributed by atoms with Crippen molar-refractivity contribution in [2.45, 2.75) is 19.4 Å². The highest BCUT2D eigenvalue weighted by Gasteiger charge is 2.15. The molecule has 2 aromatic carbocycles. The van der Waals surface area contributed by atoms with Crippen LogP contribution in [-0.4, -0.2) is 29.2 Å². The fourth-order valence-corrected chi connectivity index (χ4v) is 2.31. The maximum atomic E-state index is 9.59. The molecule has 4 heteroatoms. The summed E-state index contributed by atoms with van der Waals surface area (Å²) in [6.45, 7) is 2.08. The maximum Gasteiger partial charge on any atom is 0.157 e. The van der Waals surface area contributed by atoms with Crippen LogP contribution in [0.25, 0.3) is 0 Å². The van der Waals surface area contributed by atoms with Crippen LogP contribution in [0.5, 0.6) is 11.5 Å². The highest BCUT2D eigenvalue weighted by atomic mass is 79.9. The molecule has 0 saturated heterocycles. The van der Waals surface area contributed by atoms with Crippen molar-refractivity contribution < 1.29 is 10.2 Å². The van der Waals surface area contributed by atoms with Crippen LogP contribution in [-0.2, 0) is 6.42 Å². The molecule has 0 aromatic heterocycles. The van der Waals surface area contributed by atoms with E-state index in [0.717, 1.165) is 12.0 Å². The van der Waals surface area contributed by atoms with Crippen molar-refractivity contribution in [2.24, 2.45) is 0 Å². The zero-order valence-electron chi connectivity index (χ0n) is 12.6. The van der Waals surface area contributed by atoms with E-state index in [9.17, 15) is 10.2 Å². The average Bonchev–Trinajstić information content (AvgIpc) is 2.41. The lowest BCUT2D eigenvalue weighted by Gasteiger charge is -2.25. The van der Waals surface area contributed by atoms with Gasteiger partial charge in [-0.1, -0.05) is 35.9 Å². The molecule has 1 unspecified atom stereocenters. The van der Waals surface area contributed by atoms with Gasteiger partial charge in [-0.25, -0.2) is 0 Å². The Morgan fingerprint density at radius 2 is 1.57 bits per heavy atom. The number of phenols is 2. The zero-order chi connectivity index (χ0) is 14.7. The number of benzene rings is 2. The van der Waals surface area contributed by atoms with Crippen molar-refractivity contribution in [1.29, 1.82) is 0 Å². The number of aryl methyl sites for hydroxylation is 1. The SMILES string of the molecule is Br.Cc1ccc(C(Cc2ccc(O)c(O)c2)N(C)C)cc1. The van der Waals surface area contributed by atoms with E-state index in [4.69, 9.17) is 0 Å². The second-order valence-electron chi connectivity index (χ2n) is 5.42. The van der Waals surface area contributed by atoms with E-state index in [-0.39, 0.29) is 34.5 Å². The molecule has 0 radical (unpaired) electrons. The molecule has 0 spiro atoms. The average molecular weight is 352 g/mol. The third kappa shape index (κ3) is 4.48. The summed E-state index contributed by atoms with van der Waals surface area (Å²) >= 11 is 0. The lowest BCUT2D eigenvalue weighted by atomic mass is 9.97. The number of halogens is 1. The number of rotatable bonds is 4. The molecule has 0 amide bonds. The van der Waals surface area contributed by atoms with Gasteiger partial charge in [0.25, 0.3) is 0 Å². The number of phenolic OH excluding ortho intramolecular Hbond substituents is 2. The number of likely N-dealkylation sites (N-methyl/N-ethyl adjacent to an activating group) is 1. The van der Waals surface area contributed by atoms with Gasteiger partial charge in [0.15, 0.2) is 11.5 Å². The Morgan fingerprint density at radius 1 is 0.952 bits per heavy atom. The van der Waals surface area contributed by atoms with Gasteiger partial charge in [-0.3, -0.25) is 0 Å². The maximum absolute atomic E-state index is 9.59. The van der Waals surface area contributed by atoms with Crippen molar-refractivity contribution in [1.82, 2.24) is 4.90 Å². The Bertz CT molecular complexity index is 582. The molecule has 2 rings (SSSR count). The first kappa shape index (κ1) is 17.5. The van der Waals surface area contributed by atoms with Crippen molar-refractivity contribution in [3.63, 3.8) is 0 Å². The standard InChI is InChI=1S/C17H21NO2.BrH/c1-12-4-7-14(8-5-12)15(18(2)3)10-13-6-9-16(19)17(20)11-13;/h4-9,11,15,19-20H,10H2,1-3H3;1H. The molecule has 2 N–H and O–H groups in total. The molecule has 114 valence electrons. The fourth-order valence-electron chi connectivity index (χ4n) is 2.31. The lowest BCUT2D eigenvalue weighted by molar-refractivity contribution is 0.297. The fraction of sp³-hybridized carbons (Fsp3) is 0.294. The summed E-state index contributed by atoms with van der Waals surface area (Å²) in [5.74, 6) is -0.144. The summed E-state index contributed by atoms with van der Waals surface area (Å²) in [7, 11) is 4.09. The van der Waals surface area contributed by atoms with Crippen molar-refractivity contribution in [2.75, 3.05) is 14.1 Å². The van der Waals surface area contributed by atoms with Crippen molar-refractivity contribution >= 4 is 17.0 Å². The minimum absolute atomic E-state index is 0. The third-order valence-corrected chi connectivity index (χ3v) is 3.55. The monoisotopic (exact) mass is 351 g/mol. The van der Waals surface area contributed by atoms with Crippen LogP contribution in [0, 0.1) is 6.92 Å². The van der Waals surface area contributed by atoms with Gasteiger partial charge < -0.3 is 15.1 Å². The number of nitrogens with zero attached hydrogens (tertiary/aromatic N) is 1. The van der Waals surface area contributed by atoms with Crippen LogP contribution >= 0.6 is 17.0 Å². The first-order chi connectivity index (χ1) is 9.47. The summed E-state index contributed by atoms with van der Waals surface area (Å²) in [5, 5.41) is 19.0. The van der Waals surface area contributed by atoms with Gasteiger partial charge in [-0.2, -0.15) is 0 Å². The van der Waals surface area contributed by atoms with Crippen LogP contribution in [0.15, 0.2) is 42.5 Å². The molecule has 0 aliphatic rings. The number of hydrogen-bond acceptors (Lipinski definition) is 3. The van der Waals surface area contributed by atoms with E-state index < -0.39 is 0 Å². The van der Waals surface area contributed by atoms with E-state index in [0.29, 0.717) is 0 Å². The summed E-state index contributed by atoms with van der Waals surface area (Å²) in [5.41, 5.74) is 3.49. The second-order valence-corrected chi connectivity index (χ2v) is 5.42. The first-order valence-corrected chi connectivity index (χ1v) is 6.71. The van der Waals surface area contributed by atoms with Gasteiger partial charge in [-0.05, 0) is 50.7 Å². The third-order valence-electron chi connectivity index (χ3n) is 3.55. The molecule has 2 aromatic rings. The smallest absolute Gasteiger partial charge is 0.157 e. The van der Waals surface area contributed by atoms with Gasteiger partial charge in [0, 0.05) is 6.04 Å². The van der Waals surface area contributed by atoms with E-state index in [1.54, 1.807) is 6.07 Å². The summed E-state index contributed by atoms with van der Waals surface area (Å²) in [4.78, 5) is 2.16. The van der Waals surface area contributed by atoms with E-state index >= 15 is 0 Å². The topological polar surface area (TPSA) is 43.7 Å². The highest BCUT2D eigenvalue weighted by molar-refractivity contribution is 8.93. The van der Waals surface area contributed by atoms with Crippen LogP contribution in [0.2, 0.25) is 0 Å². The molecular weight excluding hydrogens is 330 g/mol. The molecule has 21 heavy (non-hydrogen) atoms. The quantitative estimate of drug-likeness (QED) is 0.822. The molecule has 3 nitrogen and oxygen atoms in total. The zero-order valence-corrected chi connectivity index (χ0v) is 14.3. The largest absolute Gasteiger partial charge is 0.504 e. The predicted octanol–water partition coefficient (Wildman–Crippen LogP) is 3.83. The van der Waals surface area contributed by atoms with Crippen molar-refractivity contribution in [3.05, 3.63) is 59.2 Å². The van der Waals surface area contributed by atoms with E-state index in [2.05, 4.69) is 36.1 Å². The molecule has 0 bridgehead atoms. The van der Waals surface area contributed by atoms with Crippen LogP contribution < -0.4 is 0 Å². The van der Waals surface area contributed by atoms with Crippen LogP contribution in [0.3, 0.4) is 0 Å². The number of hydrogen-bond donors (Lipinski definition) is 2. The van der Waals surface area contributed by atoms with Gasteiger partial charge in [0.2, 0.25) is 0 Å². The number of aromatic hydroxyl groups is 2. The summed E-state index contributed by atoms with van der Waals surface area (Å²) in [6, 6.07) is 13.7. The molecule has 0 saturated carbocycles. The summed E-state index contributed by atoms with van der Waals surface area (Å²) in [6.07, 6.45) is 0.782. The van der Waals surface area contributed by atoms with Gasteiger partial charge in [0.1, 0.15) is 0 Å². The molecule has 0 heterocycles. The molecule has 0 fully saturated rings. The summed E-state index contributed by atoms with van der Waals surface area (Å²) < 4.78 is 0. The molecule has 0 aliphatic carbocycles. The Labute approximate surface area is 136 Å². The Kier molecular flexibility index (Phi) is 6.24. The first-order valence-electron chi connectivity index (χ1n) is 6.71. The van der Waals surface area contributed by atoms with E-state index in [1.807, 2.05) is 20.2 Å². The van der Waals surface area contributed by atoms with Gasteiger partial charge in [-0.15, -0.1) is 17.0 Å². The van der Waals surface area contributed by atoms with Crippen molar-refractivity contribution in [3.8, 4) is 11.5 Å². The van der Waals surface area contributed by atoms with Gasteiger partial charge in [0.05, 0.1) is 0 Å². The highest BCUT2D eigenvalue weighted by Crippen LogP contribution is 2.29. The van der Waals surface area contributed by atoms with Crippen LogP contribution in [0.1, 0.15) is 22.7 Å². The Hall–Kier alpha value is -1.52. The molecular formula is C17H22BrNO2. The Morgan fingerprint density at radius 3 is 2.10 bits per heavy atom.